The number of anilines is 1. The van der Waals surface area contributed by atoms with Crippen LogP contribution in [0.3, 0.4) is 0 Å². The number of hydrogen-bond acceptors (Lipinski definition) is 8. The summed E-state index contributed by atoms with van der Waals surface area (Å²) in [6.45, 7) is 1.74. The molecule has 1 spiro atoms. The van der Waals surface area contributed by atoms with Gasteiger partial charge < -0.3 is 24.4 Å². The molecule has 156 valence electrons. The van der Waals surface area contributed by atoms with E-state index in [0.29, 0.717) is 27.8 Å². The van der Waals surface area contributed by atoms with Crippen molar-refractivity contribution in [2.24, 2.45) is 0 Å². The van der Waals surface area contributed by atoms with Crippen molar-refractivity contribution in [3.8, 4) is 11.5 Å². The van der Waals surface area contributed by atoms with Crippen molar-refractivity contribution in [3.63, 3.8) is 0 Å². The average molecular weight is 458 g/mol. The van der Waals surface area contributed by atoms with Gasteiger partial charge in [-0.15, -0.1) is 0 Å². The number of ether oxygens (including phenoxy) is 2. The van der Waals surface area contributed by atoms with Crippen LogP contribution >= 0.6 is 33.2 Å². The average Bonchev–Trinajstić information content (AvgIpc) is 3.08. The number of carbonyl (C=O) groups is 2. The fourth-order valence-corrected chi connectivity index (χ4v) is 8.85. The molecule has 0 saturated carbocycles. The Bertz CT molecular complexity index is 995. The van der Waals surface area contributed by atoms with Gasteiger partial charge in [0.15, 0.2) is 21.2 Å². The third kappa shape index (κ3) is 1.90. The van der Waals surface area contributed by atoms with E-state index in [1.54, 1.807) is 36.9 Å². The number of rotatable bonds is 2. The van der Waals surface area contributed by atoms with E-state index in [4.69, 9.17) is 21.1 Å². The zero-order valence-corrected chi connectivity index (χ0v) is 18.9. The predicted molar refractivity (Wildman–Crippen MR) is 111 cm³/mol. The maximum atomic E-state index is 13.5. The van der Waals surface area contributed by atoms with Crippen molar-refractivity contribution in [1.82, 2.24) is 9.80 Å². The molecular formula is C18H20ClN3O5S2. The second-order valence-electron chi connectivity index (χ2n) is 7.88. The fourth-order valence-electron chi connectivity index (χ4n) is 5.09. The highest BCUT2D eigenvalue weighted by Crippen LogP contribution is 2.69. The van der Waals surface area contributed by atoms with Gasteiger partial charge in [-0.3, -0.25) is 14.5 Å². The highest BCUT2D eigenvalue weighted by atomic mass is 35.5. The number of carbonyl (C=O) groups excluding carboxylic acids is 2. The summed E-state index contributed by atoms with van der Waals surface area (Å²) in [4.78, 5) is 29.5. The summed E-state index contributed by atoms with van der Waals surface area (Å²) in [5.74, 6) is 0.381. The quantitative estimate of drug-likeness (QED) is 0.673. The van der Waals surface area contributed by atoms with Crippen LogP contribution in [0.15, 0.2) is 6.07 Å². The van der Waals surface area contributed by atoms with Gasteiger partial charge in [0.25, 0.3) is 11.8 Å². The minimum absolute atomic E-state index is 0.0660. The SMILES string of the molecule is COc1c(Cl)cc2c(c1OC)N(C)C1N3C(=O)C4(C)SSC3(CC21O)C(=O)N4C. The van der Waals surface area contributed by atoms with Gasteiger partial charge in [0.05, 0.1) is 24.9 Å². The lowest BCUT2D eigenvalue weighted by Gasteiger charge is -2.57. The zero-order valence-electron chi connectivity index (χ0n) is 16.5. The third-order valence-corrected chi connectivity index (χ3v) is 10.5. The van der Waals surface area contributed by atoms with Crippen molar-refractivity contribution in [2.45, 2.75) is 34.9 Å². The predicted octanol–water partition coefficient (Wildman–Crippen LogP) is 1.83. The van der Waals surface area contributed by atoms with Gasteiger partial charge in [-0.1, -0.05) is 33.2 Å². The molecule has 4 fully saturated rings. The first-order valence-electron chi connectivity index (χ1n) is 8.97. The molecule has 1 aromatic carbocycles. The minimum atomic E-state index is -1.48. The molecule has 1 N–H and O–H groups in total. The van der Waals surface area contributed by atoms with E-state index in [9.17, 15) is 14.7 Å². The van der Waals surface area contributed by atoms with Gasteiger partial charge in [0, 0.05) is 26.1 Å². The number of methoxy groups -OCH3 is 2. The highest BCUT2D eigenvalue weighted by Gasteiger charge is 2.78. The molecule has 4 saturated heterocycles. The molecule has 2 bridgehead atoms. The summed E-state index contributed by atoms with van der Waals surface area (Å²) >= 11 is 6.42. The lowest BCUT2D eigenvalue weighted by atomic mass is 9.90. The van der Waals surface area contributed by atoms with Crippen molar-refractivity contribution in [2.75, 3.05) is 33.2 Å². The minimum Gasteiger partial charge on any atom is -0.491 e. The molecule has 0 aliphatic carbocycles. The molecule has 0 aromatic heterocycles. The first kappa shape index (κ1) is 19.5. The van der Waals surface area contributed by atoms with Gasteiger partial charge in [-0.05, 0) is 13.0 Å². The maximum Gasteiger partial charge on any atom is 0.262 e. The molecule has 11 heteroatoms. The summed E-state index contributed by atoms with van der Waals surface area (Å²) < 4.78 is 11.0. The molecule has 29 heavy (non-hydrogen) atoms. The smallest absolute Gasteiger partial charge is 0.262 e. The molecule has 5 aliphatic rings. The third-order valence-electron chi connectivity index (χ3n) is 6.56. The van der Waals surface area contributed by atoms with E-state index in [2.05, 4.69) is 0 Å². The van der Waals surface area contributed by atoms with Gasteiger partial charge in [0.2, 0.25) is 0 Å². The Balaban J connectivity index is 1.76. The topological polar surface area (TPSA) is 82.5 Å². The van der Waals surface area contributed by atoms with E-state index in [-0.39, 0.29) is 18.2 Å². The number of likely N-dealkylation sites (N-methyl/N-ethyl adjacent to an activating group) is 2. The number of halogens is 1. The molecule has 2 amide bonds. The van der Waals surface area contributed by atoms with Crippen LogP contribution in [0.5, 0.6) is 11.5 Å². The molecular weight excluding hydrogens is 438 g/mol. The van der Waals surface area contributed by atoms with Gasteiger partial charge in [-0.2, -0.15) is 0 Å². The van der Waals surface area contributed by atoms with Crippen LogP contribution in [0.4, 0.5) is 5.69 Å². The molecule has 4 atom stereocenters. The van der Waals surface area contributed by atoms with Crippen molar-refractivity contribution >= 4 is 50.7 Å². The lowest BCUT2D eigenvalue weighted by Crippen LogP contribution is -2.75. The Morgan fingerprint density at radius 1 is 1.17 bits per heavy atom. The fraction of sp³-hybridized carbons (Fsp3) is 0.556. The molecule has 0 radical (unpaired) electrons. The number of hydrogen-bond donors (Lipinski definition) is 1. The van der Waals surface area contributed by atoms with Crippen molar-refractivity contribution in [3.05, 3.63) is 16.7 Å². The lowest BCUT2D eigenvalue weighted by molar-refractivity contribution is -0.164. The Hall–Kier alpha value is -1.49. The monoisotopic (exact) mass is 457 g/mol. The van der Waals surface area contributed by atoms with Crippen LogP contribution in [0.2, 0.25) is 5.02 Å². The number of benzene rings is 1. The Morgan fingerprint density at radius 3 is 2.45 bits per heavy atom. The number of fused-ring (bicyclic) bond motifs is 5. The van der Waals surface area contributed by atoms with Crippen molar-refractivity contribution in [1.29, 1.82) is 0 Å². The van der Waals surface area contributed by atoms with Crippen LogP contribution in [0.1, 0.15) is 18.9 Å². The van der Waals surface area contributed by atoms with Gasteiger partial charge >= 0.3 is 0 Å². The van der Waals surface area contributed by atoms with E-state index in [1.165, 1.54) is 40.7 Å². The zero-order chi connectivity index (χ0) is 21.1. The molecule has 6 rings (SSSR count). The normalized spacial score (nSPS) is 37.1. The number of aliphatic hydroxyl groups is 1. The summed E-state index contributed by atoms with van der Waals surface area (Å²) in [7, 11) is 9.14. The second-order valence-corrected chi connectivity index (χ2v) is 11.1. The Morgan fingerprint density at radius 2 is 1.83 bits per heavy atom. The van der Waals surface area contributed by atoms with Crippen LogP contribution in [0.25, 0.3) is 0 Å². The first-order valence-corrected chi connectivity index (χ1v) is 11.5. The Kier molecular flexibility index (Phi) is 3.76. The van der Waals surface area contributed by atoms with E-state index < -0.39 is 21.5 Å². The standard InChI is InChI=1S/C18H20ClN3O5S2/c1-16-14(23)22-13-17(25,7-18(22,29-28-16)15(24)21(16)3)8-6-9(19)11(26-4)12(27-5)10(8)20(13)2/h6,13,25H,7H2,1-5H3. The van der Waals surface area contributed by atoms with Gasteiger partial charge in [-0.25, -0.2) is 0 Å². The largest absolute Gasteiger partial charge is 0.491 e. The molecule has 5 heterocycles. The van der Waals surface area contributed by atoms with E-state index in [0.717, 1.165) is 0 Å². The first-order chi connectivity index (χ1) is 13.6. The molecule has 1 aromatic rings. The summed E-state index contributed by atoms with van der Waals surface area (Å²) in [5.41, 5.74) is -0.351. The summed E-state index contributed by atoms with van der Waals surface area (Å²) in [5, 5.41) is 12.2. The Labute approximate surface area is 180 Å². The summed E-state index contributed by atoms with van der Waals surface area (Å²) in [6, 6.07) is 1.65. The number of nitrogens with zero attached hydrogens (tertiary/aromatic N) is 3. The molecule has 5 aliphatic heterocycles. The second kappa shape index (κ2) is 5.60. The van der Waals surface area contributed by atoms with E-state index in [1.807, 2.05) is 0 Å². The maximum absolute atomic E-state index is 13.5. The summed E-state index contributed by atoms with van der Waals surface area (Å²) in [6.07, 6.45) is -0.691. The van der Waals surface area contributed by atoms with Crippen LogP contribution in [-0.4, -0.2) is 70.9 Å². The van der Waals surface area contributed by atoms with Gasteiger partial charge in [0.1, 0.15) is 11.8 Å². The molecule has 8 nitrogen and oxygen atoms in total. The van der Waals surface area contributed by atoms with E-state index >= 15 is 0 Å². The highest BCUT2D eigenvalue weighted by molar-refractivity contribution is 8.78. The van der Waals surface area contributed by atoms with Crippen LogP contribution in [0, 0.1) is 0 Å². The molecule has 4 unspecified atom stereocenters. The van der Waals surface area contributed by atoms with Crippen LogP contribution < -0.4 is 14.4 Å². The number of amides is 2. The number of piperazine rings is 1. The van der Waals surface area contributed by atoms with Crippen LogP contribution in [-0.2, 0) is 15.2 Å². The van der Waals surface area contributed by atoms with Crippen molar-refractivity contribution < 1.29 is 24.2 Å².